The molecule has 0 aliphatic rings. The molecule has 10 heteroatoms. The van der Waals surface area contributed by atoms with Crippen molar-refractivity contribution in [3.8, 4) is 0 Å². The number of halogens is 2. The van der Waals surface area contributed by atoms with Crippen LogP contribution in [0.2, 0.25) is 10.0 Å². The van der Waals surface area contributed by atoms with Crippen molar-refractivity contribution in [1.82, 2.24) is 0 Å². The molecule has 0 aliphatic heterocycles. The molecule has 0 saturated heterocycles. The Hall–Kier alpha value is -2.78. The monoisotopic (exact) mass is 506 g/mol. The van der Waals surface area contributed by atoms with Gasteiger partial charge in [-0.05, 0) is 60.7 Å². The van der Waals surface area contributed by atoms with Gasteiger partial charge in [0.2, 0.25) is 0 Å². The lowest BCUT2D eigenvalue weighted by Gasteiger charge is -2.14. The largest absolute Gasteiger partial charge is 0.279 e. The van der Waals surface area contributed by atoms with Crippen molar-refractivity contribution in [2.45, 2.75) is 9.79 Å². The van der Waals surface area contributed by atoms with E-state index in [4.69, 9.17) is 23.2 Å². The van der Waals surface area contributed by atoms with Crippen molar-refractivity contribution < 1.29 is 16.8 Å². The summed E-state index contributed by atoms with van der Waals surface area (Å²) in [5, 5.41) is 1.90. The van der Waals surface area contributed by atoms with Crippen LogP contribution in [0.25, 0.3) is 10.8 Å². The molecule has 32 heavy (non-hydrogen) atoms. The number of hydrogen-bond donors (Lipinski definition) is 2. The van der Waals surface area contributed by atoms with E-state index in [1.54, 1.807) is 36.4 Å². The van der Waals surface area contributed by atoms with E-state index in [2.05, 4.69) is 9.44 Å². The zero-order valence-corrected chi connectivity index (χ0v) is 19.4. The second-order valence-electron chi connectivity index (χ2n) is 6.83. The van der Waals surface area contributed by atoms with Crippen LogP contribution in [0.5, 0.6) is 0 Å². The van der Waals surface area contributed by atoms with Crippen LogP contribution in [-0.2, 0) is 20.0 Å². The van der Waals surface area contributed by atoms with E-state index >= 15 is 0 Å². The van der Waals surface area contributed by atoms with Crippen LogP contribution in [0, 0.1) is 0 Å². The van der Waals surface area contributed by atoms with Crippen LogP contribution in [0.15, 0.2) is 94.7 Å². The summed E-state index contributed by atoms with van der Waals surface area (Å²) in [6, 6.07) is 21.5. The van der Waals surface area contributed by atoms with Gasteiger partial charge in [0.25, 0.3) is 20.0 Å². The molecule has 0 spiro atoms. The summed E-state index contributed by atoms with van der Waals surface area (Å²) >= 11 is 11.7. The first-order valence-corrected chi connectivity index (χ1v) is 13.0. The number of sulfonamides is 2. The second-order valence-corrected chi connectivity index (χ2v) is 11.1. The van der Waals surface area contributed by atoms with E-state index in [9.17, 15) is 16.8 Å². The average molecular weight is 507 g/mol. The van der Waals surface area contributed by atoms with E-state index in [0.717, 1.165) is 0 Å². The molecule has 0 heterocycles. The van der Waals surface area contributed by atoms with Gasteiger partial charge in [0.1, 0.15) is 0 Å². The average Bonchev–Trinajstić information content (AvgIpc) is 2.74. The molecule has 0 bridgehead atoms. The third-order valence-electron chi connectivity index (χ3n) is 4.66. The molecule has 4 rings (SSSR count). The molecule has 164 valence electrons. The Morgan fingerprint density at radius 2 is 0.844 bits per heavy atom. The highest BCUT2D eigenvalue weighted by atomic mass is 35.5. The minimum Gasteiger partial charge on any atom is -0.279 e. The molecule has 4 aromatic rings. The Kier molecular flexibility index (Phi) is 6.05. The van der Waals surface area contributed by atoms with Gasteiger partial charge in [-0.15, -0.1) is 0 Å². The first kappa shape index (κ1) is 22.4. The standard InChI is InChI=1S/C22H16Cl2N2O4S2/c23-15-7-11-17(12-8-15)31(27,28)25-21-5-1-3-19-20(21)4-2-6-22(19)26-32(29,30)18-13-9-16(24)10-14-18/h1-14,25-26H. The summed E-state index contributed by atoms with van der Waals surface area (Å²) in [5.74, 6) is 0. The molecular formula is C22H16Cl2N2O4S2. The molecule has 0 aliphatic carbocycles. The van der Waals surface area contributed by atoms with Crippen molar-refractivity contribution in [2.75, 3.05) is 9.44 Å². The first-order chi connectivity index (χ1) is 15.2. The zero-order valence-electron chi connectivity index (χ0n) is 16.3. The van der Waals surface area contributed by atoms with E-state index in [1.807, 2.05) is 0 Å². The third-order valence-corrected chi connectivity index (χ3v) is 7.93. The van der Waals surface area contributed by atoms with Crippen molar-refractivity contribution in [2.24, 2.45) is 0 Å². The summed E-state index contributed by atoms with van der Waals surface area (Å²) in [7, 11) is -7.75. The maximum atomic E-state index is 12.8. The van der Waals surface area contributed by atoms with Crippen LogP contribution in [0.4, 0.5) is 11.4 Å². The summed E-state index contributed by atoms with van der Waals surface area (Å²) < 4.78 is 56.3. The van der Waals surface area contributed by atoms with Gasteiger partial charge in [0, 0.05) is 20.8 Å². The van der Waals surface area contributed by atoms with Gasteiger partial charge < -0.3 is 0 Å². The molecule has 4 aromatic carbocycles. The van der Waals surface area contributed by atoms with E-state index in [0.29, 0.717) is 32.2 Å². The van der Waals surface area contributed by atoms with Gasteiger partial charge in [0.15, 0.2) is 0 Å². The van der Waals surface area contributed by atoms with Gasteiger partial charge >= 0.3 is 0 Å². The van der Waals surface area contributed by atoms with Gasteiger partial charge in [0.05, 0.1) is 21.2 Å². The Balaban J connectivity index is 1.71. The summed E-state index contributed by atoms with van der Waals surface area (Å²) in [5.41, 5.74) is 0.620. The fourth-order valence-corrected chi connectivity index (χ4v) is 5.53. The first-order valence-electron chi connectivity index (χ1n) is 9.24. The SMILES string of the molecule is O=S(=O)(Nc1cccc2c(NS(=O)(=O)c3ccc(Cl)cc3)cccc12)c1ccc(Cl)cc1. The third kappa shape index (κ3) is 4.68. The lowest BCUT2D eigenvalue weighted by molar-refractivity contribution is 0.599. The maximum Gasteiger partial charge on any atom is 0.261 e. The number of rotatable bonds is 6. The molecule has 6 nitrogen and oxygen atoms in total. The predicted molar refractivity (Wildman–Crippen MR) is 128 cm³/mol. The molecule has 0 saturated carbocycles. The predicted octanol–water partition coefficient (Wildman–Crippen LogP) is 5.75. The minimum absolute atomic E-state index is 0.0542. The van der Waals surface area contributed by atoms with Crippen LogP contribution >= 0.6 is 23.2 Å². The molecule has 0 unspecified atom stereocenters. The van der Waals surface area contributed by atoms with E-state index in [-0.39, 0.29) is 9.79 Å². The van der Waals surface area contributed by atoms with Gasteiger partial charge in [-0.2, -0.15) is 0 Å². The molecule has 0 amide bonds. The van der Waals surface area contributed by atoms with Crippen molar-refractivity contribution >= 4 is 65.4 Å². The fourth-order valence-electron chi connectivity index (χ4n) is 3.12. The Bertz CT molecular complexity index is 1390. The molecule has 2 N–H and O–H groups in total. The Morgan fingerprint density at radius 1 is 0.500 bits per heavy atom. The lowest BCUT2D eigenvalue weighted by atomic mass is 10.1. The molecule has 0 radical (unpaired) electrons. The van der Waals surface area contributed by atoms with Crippen LogP contribution in [-0.4, -0.2) is 16.8 Å². The number of benzene rings is 4. The second kappa shape index (κ2) is 8.63. The molecule has 0 fully saturated rings. The van der Waals surface area contributed by atoms with Crippen molar-refractivity contribution in [1.29, 1.82) is 0 Å². The smallest absolute Gasteiger partial charge is 0.261 e. The highest BCUT2D eigenvalue weighted by Gasteiger charge is 2.18. The highest BCUT2D eigenvalue weighted by Crippen LogP contribution is 2.32. The zero-order chi connectivity index (χ0) is 22.9. The maximum absolute atomic E-state index is 12.8. The summed E-state index contributed by atoms with van der Waals surface area (Å²) in [6.07, 6.45) is 0. The fraction of sp³-hybridized carbons (Fsp3) is 0. The highest BCUT2D eigenvalue weighted by molar-refractivity contribution is 7.93. The molecule has 0 atom stereocenters. The Labute approximate surface area is 195 Å². The summed E-state index contributed by atoms with van der Waals surface area (Å²) in [6.45, 7) is 0. The molecule has 0 aromatic heterocycles. The topological polar surface area (TPSA) is 92.3 Å². The minimum atomic E-state index is -3.88. The Morgan fingerprint density at radius 3 is 1.19 bits per heavy atom. The van der Waals surface area contributed by atoms with Gasteiger partial charge in [-0.3, -0.25) is 9.44 Å². The number of nitrogens with one attached hydrogen (secondary N) is 2. The molecular weight excluding hydrogens is 491 g/mol. The van der Waals surface area contributed by atoms with Crippen LogP contribution < -0.4 is 9.44 Å². The lowest BCUT2D eigenvalue weighted by Crippen LogP contribution is -2.14. The van der Waals surface area contributed by atoms with Crippen LogP contribution in [0.1, 0.15) is 0 Å². The van der Waals surface area contributed by atoms with E-state index < -0.39 is 20.0 Å². The number of anilines is 2. The quantitative estimate of drug-likeness (QED) is 0.348. The van der Waals surface area contributed by atoms with Gasteiger partial charge in [-0.25, -0.2) is 16.8 Å². The van der Waals surface area contributed by atoms with Crippen molar-refractivity contribution in [3.63, 3.8) is 0 Å². The number of hydrogen-bond acceptors (Lipinski definition) is 4. The van der Waals surface area contributed by atoms with E-state index in [1.165, 1.54) is 48.5 Å². The number of fused-ring (bicyclic) bond motifs is 1. The van der Waals surface area contributed by atoms with Crippen molar-refractivity contribution in [3.05, 3.63) is 95.0 Å². The van der Waals surface area contributed by atoms with Gasteiger partial charge in [-0.1, -0.05) is 47.5 Å². The van der Waals surface area contributed by atoms with Crippen LogP contribution in [0.3, 0.4) is 0 Å². The summed E-state index contributed by atoms with van der Waals surface area (Å²) in [4.78, 5) is 0.108. The normalized spacial score (nSPS) is 11.9.